The molecule has 0 bridgehead atoms. The normalized spacial score (nSPS) is 18.3. The zero-order valence-electron chi connectivity index (χ0n) is 13.8. The van der Waals surface area contributed by atoms with E-state index in [1.54, 1.807) is 12.1 Å². The Morgan fingerprint density at radius 1 is 1.17 bits per heavy atom. The molecule has 0 amide bonds. The van der Waals surface area contributed by atoms with E-state index >= 15 is 0 Å². The number of hydrogen-bond acceptors (Lipinski definition) is 3. The van der Waals surface area contributed by atoms with Crippen LogP contribution in [0.1, 0.15) is 38.3 Å². The zero-order chi connectivity index (χ0) is 15.9. The SMILES string of the molecule is CCCC(C)[C@H](c1ccc(OC(F)F)cc1)N1CCNCC1.Cl. The Morgan fingerprint density at radius 2 is 1.78 bits per heavy atom. The predicted molar refractivity (Wildman–Crippen MR) is 91.6 cm³/mol. The Hall–Kier alpha value is -0.910. The first-order chi connectivity index (χ1) is 10.6. The van der Waals surface area contributed by atoms with Crippen molar-refractivity contribution >= 4 is 12.4 Å². The maximum Gasteiger partial charge on any atom is 0.387 e. The summed E-state index contributed by atoms with van der Waals surface area (Å²) in [4.78, 5) is 2.50. The van der Waals surface area contributed by atoms with E-state index < -0.39 is 6.61 Å². The summed E-state index contributed by atoms with van der Waals surface area (Å²) in [6.45, 7) is 5.75. The van der Waals surface area contributed by atoms with Gasteiger partial charge in [0.1, 0.15) is 5.75 Å². The molecule has 6 heteroatoms. The van der Waals surface area contributed by atoms with Crippen molar-refractivity contribution in [3.8, 4) is 5.75 Å². The van der Waals surface area contributed by atoms with Crippen LogP contribution in [0.25, 0.3) is 0 Å². The van der Waals surface area contributed by atoms with Gasteiger partial charge >= 0.3 is 6.61 Å². The topological polar surface area (TPSA) is 24.5 Å². The fourth-order valence-corrected chi connectivity index (χ4v) is 3.32. The summed E-state index contributed by atoms with van der Waals surface area (Å²) in [5.41, 5.74) is 1.18. The third kappa shape index (κ3) is 5.90. The van der Waals surface area contributed by atoms with Crippen molar-refractivity contribution < 1.29 is 13.5 Å². The number of nitrogens with zero attached hydrogens (tertiary/aromatic N) is 1. The van der Waals surface area contributed by atoms with E-state index in [9.17, 15) is 8.78 Å². The Morgan fingerprint density at radius 3 is 2.30 bits per heavy atom. The molecule has 1 aromatic rings. The van der Waals surface area contributed by atoms with E-state index in [1.807, 2.05) is 12.1 Å². The summed E-state index contributed by atoms with van der Waals surface area (Å²) in [5, 5.41) is 3.38. The largest absolute Gasteiger partial charge is 0.435 e. The highest BCUT2D eigenvalue weighted by Crippen LogP contribution is 2.32. The molecule has 0 saturated carbocycles. The Balaban J connectivity index is 0.00000264. The Kier molecular flexibility index (Phi) is 8.81. The standard InChI is InChI=1S/C17H26F2N2O.ClH/c1-3-4-13(2)16(21-11-9-20-10-12-21)14-5-7-15(8-6-14)22-17(18)19;/h5-8,13,16-17,20H,3-4,9-12H2,1-2H3;1H/t13?,16-;/m1./s1. The van der Waals surface area contributed by atoms with Crippen molar-refractivity contribution in [2.45, 2.75) is 39.3 Å². The molecule has 0 aliphatic carbocycles. The van der Waals surface area contributed by atoms with Crippen LogP contribution in [0.15, 0.2) is 24.3 Å². The molecule has 1 saturated heterocycles. The highest BCUT2D eigenvalue weighted by molar-refractivity contribution is 5.85. The van der Waals surface area contributed by atoms with Gasteiger partial charge < -0.3 is 10.1 Å². The number of benzene rings is 1. The second-order valence-corrected chi connectivity index (χ2v) is 5.94. The third-order valence-corrected chi connectivity index (χ3v) is 4.27. The molecule has 132 valence electrons. The van der Waals surface area contributed by atoms with Crippen LogP contribution in [-0.4, -0.2) is 37.7 Å². The molecular weight excluding hydrogens is 322 g/mol. The molecule has 1 unspecified atom stereocenters. The van der Waals surface area contributed by atoms with Crippen LogP contribution in [0.2, 0.25) is 0 Å². The molecule has 1 fully saturated rings. The molecule has 1 aliphatic heterocycles. The fourth-order valence-electron chi connectivity index (χ4n) is 3.32. The summed E-state index contributed by atoms with van der Waals surface area (Å²) >= 11 is 0. The van der Waals surface area contributed by atoms with Gasteiger partial charge in [-0.15, -0.1) is 12.4 Å². The maximum atomic E-state index is 12.3. The van der Waals surface area contributed by atoms with Crippen LogP contribution in [-0.2, 0) is 0 Å². The average Bonchev–Trinajstić information content (AvgIpc) is 2.50. The molecular formula is C17H27ClF2N2O. The lowest BCUT2D eigenvalue weighted by atomic mass is 9.89. The number of rotatable bonds is 7. The minimum absolute atomic E-state index is 0. The fraction of sp³-hybridized carbons (Fsp3) is 0.647. The van der Waals surface area contributed by atoms with E-state index in [2.05, 4.69) is 28.8 Å². The van der Waals surface area contributed by atoms with Crippen LogP contribution < -0.4 is 10.1 Å². The predicted octanol–water partition coefficient (Wildman–Crippen LogP) is 4.09. The molecule has 2 rings (SSSR count). The van der Waals surface area contributed by atoms with Crippen molar-refractivity contribution in [3.05, 3.63) is 29.8 Å². The van der Waals surface area contributed by atoms with Crippen LogP contribution in [0.5, 0.6) is 5.75 Å². The minimum atomic E-state index is -2.77. The van der Waals surface area contributed by atoms with Gasteiger partial charge in [-0.3, -0.25) is 4.90 Å². The summed E-state index contributed by atoms with van der Waals surface area (Å²) in [6.07, 6.45) is 2.31. The molecule has 3 nitrogen and oxygen atoms in total. The van der Waals surface area contributed by atoms with E-state index in [1.165, 1.54) is 5.56 Å². The Labute approximate surface area is 143 Å². The van der Waals surface area contributed by atoms with Crippen LogP contribution in [0.3, 0.4) is 0 Å². The van der Waals surface area contributed by atoms with Gasteiger partial charge in [-0.05, 0) is 30.0 Å². The summed E-state index contributed by atoms with van der Waals surface area (Å²) in [6, 6.07) is 7.49. The minimum Gasteiger partial charge on any atom is -0.435 e. The Bertz CT molecular complexity index is 439. The quantitative estimate of drug-likeness (QED) is 0.803. The molecule has 0 aromatic heterocycles. The third-order valence-electron chi connectivity index (χ3n) is 4.27. The van der Waals surface area contributed by atoms with Gasteiger partial charge in [-0.2, -0.15) is 8.78 Å². The average molecular weight is 349 g/mol. The van der Waals surface area contributed by atoms with E-state index in [0.29, 0.717) is 12.0 Å². The van der Waals surface area contributed by atoms with Crippen molar-refractivity contribution in [2.24, 2.45) is 5.92 Å². The lowest BCUT2D eigenvalue weighted by molar-refractivity contribution is -0.0498. The van der Waals surface area contributed by atoms with Gasteiger partial charge in [-0.25, -0.2) is 0 Å². The molecule has 1 aromatic carbocycles. The lowest BCUT2D eigenvalue weighted by Crippen LogP contribution is -2.46. The van der Waals surface area contributed by atoms with Gasteiger partial charge in [-0.1, -0.05) is 32.4 Å². The highest BCUT2D eigenvalue weighted by Gasteiger charge is 2.26. The van der Waals surface area contributed by atoms with Gasteiger partial charge in [0.15, 0.2) is 0 Å². The van der Waals surface area contributed by atoms with Gasteiger partial charge in [0.2, 0.25) is 0 Å². The van der Waals surface area contributed by atoms with Crippen molar-refractivity contribution in [1.29, 1.82) is 0 Å². The monoisotopic (exact) mass is 348 g/mol. The molecule has 23 heavy (non-hydrogen) atoms. The molecule has 1 N–H and O–H groups in total. The summed E-state index contributed by atoms with van der Waals surface area (Å²) in [7, 11) is 0. The second kappa shape index (κ2) is 10.1. The lowest BCUT2D eigenvalue weighted by Gasteiger charge is -2.38. The second-order valence-electron chi connectivity index (χ2n) is 5.94. The molecule has 1 heterocycles. The molecule has 0 spiro atoms. The van der Waals surface area contributed by atoms with Crippen molar-refractivity contribution in [3.63, 3.8) is 0 Å². The number of ether oxygens (including phenoxy) is 1. The molecule has 2 atom stereocenters. The molecule has 0 radical (unpaired) electrons. The first-order valence-electron chi connectivity index (χ1n) is 8.11. The van der Waals surface area contributed by atoms with Gasteiger partial charge in [0.05, 0.1) is 0 Å². The number of nitrogens with one attached hydrogen (secondary N) is 1. The van der Waals surface area contributed by atoms with Crippen LogP contribution in [0.4, 0.5) is 8.78 Å². The summed E-state index contributed by atoms with van der Waals surface area (Å²) in [5.74, 6) is 0.755. The molecule has 1 aliphatic rings. The number of hydrogen-bond donors (Lipinski definition) is 1. The highest BCUT2D eigenvalue weighted by atomic mass is 35.5. The van der Waals surface area contributed by atoms with Crippen molar-refractivity contribution in [2.75, 3.05) is 26.2 Å². The van der Waals surface area contributed by atoms with Crippen LogP contribution >= 0.6 is 12.4 Å². The summed E-state index contributed by atoms with van der Waals surface area (Å²) < 4.78 is 29.0. The maximum absolute atomic E-state index is 12.3. The van der Waals surface area contributed by atoms with E-state index in [-0.39, 0.29) is 18.2 Å². The van der Waals surface area contributed by atoms with E-state index in [0.717, 1.165) is 39.0 Å². The zero-order valence-corrected chi connectivity index (χ0v) is 14.6. The van der Waals surface area contributed by atoms with Gasteiger partial charge in [0, 0.05) is 32.2 Å². The van der Waals surface area contributed by atoms with Crippen molar-refractivity contribution in [1.82, 2.24) is 10.2 Å². The first-order valence-corrected chi connectivity index (χ1v) is 8.11. The van der Waals surface area contributed by atoms with Gasteiger partial charge in [0.25, 0.3) is 0 Å². The number of halogens is 3. The first kappa shape index (κ1) is 20.1. The van der Waals surface area contributed by atoms with Crippen LogP contribution in [0, 0.1) is 5.92 Å². The smallest absolute Gasteiger partial charge is 0.387 e. The number of alkyl halides is 2. The number of piperazine rings is 1. The van der Waals surface area contributed by atoms with E-state index in [4.69, 9.17) is 0 Å².